The Hall–Kier alpha value is -0.900. The smallest absolute Gasteiger partial charge is 0.233 e. The van der Waals surface area contributed by atoms with Crippen molar-refractivity contribution in [2.75, 3.05) is 13.1 Å². The number of carbonyl (C=O) groups excluding carboxylic acids is 2. The zero-order valence-corrected chi connectivity index (χ0v) is 12.3. The number of rotatable bonds is 6. The highest BCUT2D eigenvalue weighted by Gasteiger charge is 2.51. The van der Waals surface area contributed by atoms with Crippen molar-refractivity contribution in [2.45, 2.75) is 52.5 Å². The number of likely N-dealkylation sites (N-methyl/N-ethyl adjacent to an activating group) is 1. The highest BCUT2D eigenvalue weighted by atomic mass is 16.2. The molecular weight excluding hydrogens is 240 g/mol. The van der Waals surface area contributed by atoms with E-state index >= 15 is 0 Å². The minimum atomic E-state index is -0.0218. The van der Waals surface area contributed by atoms with Gasteiger partial charge < -0.3 is 5.32 Å². The average Bonchev–Trinajstić information content (AvgIpc) is 2.84. The van der Waals surface area contributed by atoms with E-state index in [1.807, 2.05) is 0 Å². The van der Waals surface area contributed by atoms with Gasteiger partial charge in [-0.05, 0) is 31.7 Å². The Labute approximate surface area is 115 Å². The Kier molecular flexibility index (Phi) is 4.61. The highest BCUT2D eigenvalue weighted by molar-refractivity contribution is 6.05. The summed E-state index contributed by atoms with van der Waals surface area (Å²) >= 11 is 0. The van der Waals surface area contributed by atoms with Gasteiger partial charge in [0.1, 0.15) is 0 Å². The summed E-state index contributed by atoms with van der Waals surface area (Å²) in [5, 5.41) is 3.38. The lowest BCUT2D eigenvalue weighted by Crippen LogP contribution is -2.44. The summed E-state index contributed by atoms with van der Waals surface area (Å²) < 4.78 is 0. The predicted molar refractivity (Wildman–Crippen MR) is 74.5 cm³/mol. The fourth-order valence-corrected chi connectivity index (χ4v) is 3.64. The summed E-state index contributed by atoms with van der Waals surface area (Å²) in [7, 11) is 0. The number of hydrogen-bond acceptors (Lipinski definition) is 3. The molecule has 2 fully saturated rings. The number of nitrogens with one attached hydrogen (secondary N) is 1. The van der Waals surface area contributed by atoms with E-state index in [0.717, 1.165) is 32.2 Å². The van der Waals surface area contributed by atoms with Crippen LogP contribution in [0.2, 0.25) is 0 Å². The zero-order chi connectivity index (χ0) is 14.0. The predicted octanol–water partition coefficient (Wildman–Crippen LogP) is 1.80. The van der Waals surface area contributed by atoms with Crippen LogP contribution in [0.3, 0.4) is 0 Å². The van der Waals surface area contributed by atoms with Gasteiger partial charge in [0, 0.05) is 12.6 Å². The molecule has 1 saturated heterocycles. The third-order valence-electron chi connectivity index (χ3n) is 4.50. The van der Waals surface area contributed by atoms with Crippen molar-refractivity contribution < 1.29 is 9.59 Å². The quantitative estimate of drug-likeness (QED) is 0.746. The summed E-state index contributed by atoms with van der Waals surface area (Å²) in [6, 6.07) is 0.249. The number of amides is 2. The fraction of sp³-hybridized carbons (Fsp3) is 0.867. The molecule has 0 spiro atoms. The van der Waals surface area contributed by atoms with E-state index in [2.05, 4.69) is 26.1 Å². The minimum Gasteiger partial charge on any atom is -0.312 e. The Morgan fingerprint density at radius 3 is 2.26 bits per heavy atom. The molecule has 0 radical (unpaired) electrons. The molecule has 0 bridgehead atoms. The van der Waals surface area contributed by atoms with Gasteiger partial charge >= 0.3 is 0 Å². The molecule has 19 heavy (non-hydrogen) atoms. The zero-order valence-electron chi connectivity index (χ0n) is 12.3. The van der Waals surface area contributed by atoms with Crippen molar-refractivity contribution in [3.63, 3.8) is 0 Å². The normalized spacial score (nSPS) is 31.9. The second kappa shape index (κ2) is 6.04. The van der Waals surface area contributed by atoms with E-state index in [9.17, 15) is 9.59 Å². The van der Waals surface area contributed by atoms with Crippen LogP contribution in [0.4, 0.5) is 0 Å². The molecule has 1 aliphatic carbocycles. The number of carbonyl (C=O) groups is 2. The van der Waals surface area contributed by atoms with Gasteiger partial charge in [-0.15, -0.1) is 0 Å². The second-order valence-corrected chi connectivity index (χ2v) is 6.12. The third-order valence-corrected chi connectivity index (χ3v) is 4.50. The maximum atomic E-state index is 12.4. The summed E-state index contributed by atoms with van der Waals surface area (Å²) in [5.41, 5.74) is 0. The molecule has 1 saturated carbocycles. The summed E-state index contributed by atoms with van der Waals surface area (Å²) in [6.45, 7) is 7.77. The van der Waals surface area contributed by atoms with Crippen LogP contribution in [-0.2, 0) is 9.59 Å². The van der Waals surface area contributed by atoms with Gasteiger partial charge in [0.2, 0.25) is 11.8 Å². The third kappa shape index (κ3) is 2.83. The molecule has 3 unspecified atom stereocenters. The largest absolute Gasteiger partial charge is 0.312 e. The summed E-state index contributed by atoms with van der Waals surface area (Å²) in [6.07, 6.45) is 3.87. The number of likely N-dealkylation sites (tertiary alicyclic amines) is 1. The number of hydrogen-bond donors (Lipinski definition) is 1. The fourth-order valence-electron chi connectivity index (χ4n) is 3.64. The van der Waals surface area contributed by atoms with Crippen molar-refractivity contribution in [2.24, 2.45) is 17.8 Å². The molecule has 2 rings (SSSR count). The van der Waals surface area contributed by atoms with Crippen molar-refractivity contribution in [3.8, 4) is 0 Å². The SMILES string of the molecule is CCCC(CN1C(=O)C2CC(C)CC2C1=O)NCC. The van der Waals surface area contributed by atoms with Crippen LogP contribution >= 0.6 is 0 Å². The van der Waals surface area contributed by atoms with Crippen molar-refractivity contribution >= 4 is 11.8 Å². The van der Waals surface area contributed by atoms with Crippen LogP contribution in [0.15, 0.2) is 0 Å². The molecule has 1 aliphatic heterocycles. The standard InChI is InChI=1S/C15H26N2O2/c1-4-6-11(16-5-2)9-17-14(18)12-7-10(3)8-13(12)15(17)19/h10-13,16H,4-9H2,1-3H3. The Morgan fingerprint density at radius 2 is 1.79 bits per heavy atom. The molecule has 4 heteroatoms. The first-order valence-corrected chi connectivity index (χ1v) is 7.67. The van der Waals surface area contributed by atoms with Crippen LogP contribution in [0.25, 0.3) is 0 Å². The molecule has 3 atom stereocenters. The van der Waals surface area contributed by atoms with Gasteiger partial charge in [0.25, 0.3) is 0 Å². The molecule has 108 valence electrons. The summed E-state index contributed by atoms with van der Waals surface area (Å²) in [4.78, 5) is 26.3. The van der Waals surface area contributed by atoms with Crippen LogP contribution in [0.5, 0.6) is 0 Å². The van der Waals surface area contributed by atoms with Crippen LogP contribution in [0, 0.1) is 17.8 Å². The first-order chi connectivity index (χ1) is 9.08. The van der Waals surface area contributed by atoms with Crippen LogP contribution < -0.4 is 5.32 Å². The van der Waals surface area contributed by atoms with Gasteiger partial charge in [-0.25, -0.2) is 0 Å². The molecule has 0 aromatic carbocycles. The van der Waals surface area contributed by atoms with E-state index < -0.39 is 0 Å². The van der Waals surface area contributed by atoms with E-state index in [-0.39, 0.29) is 29.7 Å². The lowest BCUT2D eigenvalue weighted by Gasteiger charge is -2.24. The first kappa shape index (κ1) is 14.5. The highest BCUT2D eigenvalue weighted by Crippen LogP contribution is 2.42. The number of imide groups is 1. The molecule has 1 heterocycles. The maximum Gasteiger partial charge on any atom is 0.233 e. The topological polar surface area (TPSA) is 49.4 Å². The van der Waals surface area contributed by atoms with Crippen molar-refractivity contribution in [3.05, 3.63) is 0 Å². The van der Waals surface area contributed by atoms with Gasteiger partial charge in [0.05, 0.1) is 11.8 Å². The van der Waals surface area contributed by atoms with Crippen molar-refractivity contribution in [1.29, 1.82) is 0 Å². The Balaban J connectivity index is 2.01. The van der Waals surface area contributed by atoms with Gasteiger partial charge in [0.15, 0.2) is 0 Å². The molecule has 1 N–H and O–H groups in total. The maximum absolute atomic E-state index is 12.4. The van der Waals surface area contributed by atoms with E-state index in [4.69, 9.17) is 0 Å². The molecule has 4 nitrogen and oxygen atoms in total. The summed E-state index contributed by atoms with van der Waals surface area (Å²) in [5.74, 6) is 0.639. The first-order valence-electron chi connectivity index (χ1n) is 7.67. The molecule has 0 aromatic rings. The Morgan fingerprint density at radius 1 is 1.21 bits per heavy atom. The van der Waals surface area contributed by atoms with E-state index in [0.29, 0.717) is 12.5 Å². The minimum absolute atomic E-state index is 0.0218. The van der Waals surface area contributed by atoms with E-state index in [1.165, 1.54) is 4.90 Å². The van der Waals surface area contributed by atoms with E-state index in [1.54, 1.807) is 0 Å². The molecule has 2 aliphatic rings. The van der Waals surface area contributed by atoms with Gasteiger partial charge in [-0.2, -0.15) is 0 Å². The van der Waals surface area contributed by atoms with Gasteiger partial charge in [-0.1, -0.05) is 27.2 Å². The number of nitrogens with zero attached hydrogens (tertiary/aromatic N) is 1. The van der Waals surface area contributed by atoms with Gasteiger partial charge in [-0.3, -0.25) is 14.5 Å². The lowest BCUT2D eigenvalue weighted by molar-refractivity contribution is -0.141. The molecule has 0 aromatic heterocycles. The molecular formula is C15H26N2O2. The van der Waals surface area contributed by atoms with Crippen LogP contribution in [-0.4, -0.2) is 35.8 Å². The second-order valence-electron chi connectivity index (χ2n) is 6.12. The average molecular weight is 266 g/mol. The monoisotopic (exact) mass is 266 g/mol. The molecule has 2 amide bonds. The Bertz CT molecular complexity index is 326. The van der Waals surface area contributed by atoms with Crippen molar-refractivity contribution in [1.82, 2.24) is 10.2 Å². The lowest BCUT2D eigenvalue weighted by atomic mass is 10.00. The van der Waals surface area contributed by atoms with Crippen LogP contribution in [0.1, 0.15) is 46.5 Å². The number of fused-ring (bicyclic) bond motifs is 1.